The van der Waals surface area contributed by atoms with Gasteiger partial charge in [-0.2, -0.15) is 0 Å². The van der Waals surface area contributed by atoms with Crippen LogP contribution in [0.1, 0.15) is 35.2 Å². The number of Topliss-reactive ketones (excluding diaryl/α,β-unsaturated/α-hetero) is 4. The fourth-order valence-electron chi connectivity index (χ4n) is 5.88. The van der Waals surface area contributed by atoms with Crippen molar-refractivity contribution in [1.82, 2.24) is 4.90 Å². The summed E-state index contributed by atoms with van der Waals surface area (Å²) in [6.45, 7) is 1.81. The molecule has 0 heterocycles. The molecule has 7 atom stereocenters. The molecule has 3 aliphatic rings. The first-order valence-electron chi connectivity index (χ1n) is 10.1. The number of aliphatic hydroxyl groups is 1. The van der Waals surface area contributed by atoms with E-state index in [1.807, 2.05) is 6.92 Å². The highest BCUT2D eigenvalue weighted by Gasteiger charge is 2.69. The summed E-state index contributed by atoms with van der Waals surface area (Å²) in [6, 6.07) is 3.54. The topological polar surface area (TPSA) is 155 Å². The minimum absolute atomic E-state index is 0.00148. The molecule has 7 unspecified atom stereocenters. The second-order valence-corrected chi connectivity index (χ2v) is 9.02. The Morgan fingerprint density at radius 3 is 2.39 bits per heavy atom. The Hall–Kier alpha value is -2.91. The van der Waals surface area contributed by atoms with Crippen LogP contribution in [0.25, 0.3) is 0 Å². The van der Waals surface area contributed by atoms with E-state index in [9.17, 15) is 34.2 Å². The molecule has 9 nitrogen and oxygen atoms in total. The Morgan fingerprint density at radius 2 is 1.81 bits per heavy atom. The Balaban J connectivity index is 1.91. The number of primary amides is 1. The molecule has 9 heteroatoms. The molecule has 1 aromatic carbocycles. The number of nitrogens with zero attached hydrogens (tertiary/aromatic N) is 1. The van der Waals surface area contributed by atoms with E-state index in [4.69, 9.17) is 5.73 Å². The van der Waals surface area contributed by atoms with Crippen LogP contribution in [-0.2, 0) is 19.2 Å². The number of ketones is 4. The van der Waals surface area contributed by atoms with Gasteiger partial charge in [0.25, 0.3) is 0 Å². The number of rotatable bonds is 2. The van der Waals surface area contributed by atoms with E-state index in [0.717, 1.165) is 0 Å². The quantitative estimate of drug-likeness (QED) is 0.529. The van der Waals surface area contributed by atoms with Crippen LogP contribution in [0.15, 0.2) is 18.2 Å². The van der Waals surface area contributed by atoms with Crippen molar-refractivity contribution < 1.29 is 34.2 Å². The number of carbonyl (C=O) groups is 5. The predicted octanol–water partition coefficient (Wildman–Crippen LogP) is -0.572. The zero-order valence-electron chi connectivity index (χ0n) is 17.4. The van der Waals surface area contributed by atoms with Crippen LogP contribution in [-0.4, -0.2) is 69.9 Å². The van der Waals surface area contributed by atoms with Crippen LogP contribution in [0.2, 0.25) is 0 Å². The predicted molar refractivity (Wildman–Crippen MR) is 106 cm³/mol. The van der Waals surface area contributed by atoms with Gasteiger partial charge in [0, 0.05) is 5.92 Å². The lowest BCUT2D eigenvalue weighted by Gasteiger charge is -2.53. The number of likely N-dealkylation sites (N-methyl/N-ethyl adjacent to an activating group) is 1. The smallest absolute Gasteiger partial charge is 0.235 e. The van der Waals surface area contributed by atoms with E-state index in [2.05, 4.69) is 0 Å². The number of phenols is 1. The number of nitrogens with two attached hydrogens (primary N) is 1. The van der Waals surface area contributed by atoms with Gasteiger partial charge in [-0.25, -0.2) is 0 Å². The molecular formula is C22H24N2O7. The molecule has 0 spiro atoms. The van der Waals surface area contributed by atoms with Crippen LogP contribution < -0.4 is 5.73 Å². The standard InChI is InChI=1S/C22H24N2O7/c1-8-9-5-4-6-12(25)13(9)17(26)14-10(8)7-11-16(24(2)3)18(27)15(21(23)30)20(29)22(11,31)19(14)28/h4-6,8,10-11,14-16,25,31H,7H2,1-3H3,(H2,23,30). The van der Waals surface area contributed by atoms with Crippen molar-refractivity contribution in [2.45, 2.75) is 30.9 Å². The van der Waals surface area contributed by atoms with Gasteiger partial charge in [0.15, 0.2) is 34.7 Å². The molecule has 2 saturated carbocycles. The fraction of sp³-hybridized carbons (Fsp3) is 0.500. The number of amides is 1. The maximum absolute atomic E-state index is 13.6. The Bertz CT molecular complexity index is 1050. The molecule has 31 heavy (non-hydrogen) atoms. The third-order valence-electron chi connectivity index (χ3n) is 7.32. The summed E-state index contributed by atoms with van der Waals surface area (Å²) in [6.07, 6.45) is 0.0424. The van der Waals surface area contributed by atoms with Crippen molar-refractivity contribution >= 4 is 29.0 Å². The highest BCUT2D eigenvalue weighted by atomic mass is 16.3. The van der Waals surface area contributed by atoms with Gasteiger partial charge in [-0.05, 0) is 44.0 Å². The van der Waals surface area contributed by atoms with Gasteiger partial charge in [-0.1, -0.05) is 19.1 Å². The van der Waals surface area contributed by atoms with E-state index >= 15 is 0 Å². The van der Waals surface area contributed by atoms with Gasteiger partial charge in [-0.3, -0.25) is 28.9 Å². The van der Waals surface area contributed by atoms with Crippen molar-refractivity contribution in [2.24, 2.45) is 29.4 Å². The molecular weight excluding hydrogens is 404 g/mol. The summed E-state index contributed by atoms with van der Waals surface area (Å²) in [7, 11) is 3.10. The van der Waals surface area contributed by atoms with Gasteiger partial charge < -0.3 is 15.9 Å². The van der Waals surface area contributed by atoms with Gasteiger partial charge in [0.2, 0.25) is 5.91 Å². The maximum atomic E-state index is 13.6. The highest BCUT2D eigenvalue weighted by Crippen LogP contribution is 2.54. The molecule has 4 N–H and O–H groups in total. The maximum Gasteiger partial charge on any atom is 0.235 e. The van der Waals surface area contributed by atoms with Gasteiger partial charge >= 0.3 is 0 Å². The number of phenolic OH excluding ortho intramolecular Hbond substituents is 1. The number of hydrogen-bond acceptors (Lipinski definition) is 8. The minimum atomic E-state index is -2.69. The van der Waals surface area contributed by atoms with E-state index in [-0.39, 0.29) is 23.7 Å². The summed E-state index contributed by atoms with van der Waals surface area (Å²) in [5, 5.41) is 21.7. The Kier molecular flexibility index (Phi) is 4.68. The fourth-order valence-corrected chi connectivity index (χ4v) is 5.88. The lowest BCUT2D eigenvalue weighted by atomic mass is 9.50. The molecule has 0 aliphatic heterocycles. The van der Waals surface area contributed by atoms with Crippen molar-refractivity contribution in [3.63, 3.8) is 0 Å². The zero-order valence-corrected chi connectivity index (χ0v) is 17.4. The molecule has 2 fully saturated rings. The van der Waals surface area contributed by atoms with E-state index < -0.39 is 64.4 Å². The van der Waals surface area contributed by atoms with E-state index in [0.29, 0.717) is 5.56 Å². The number of carbonyl (C=O) groups excluding carboxylic acids is 5. The van der Waals surface area contributed by atoms with Crippen molar-refractivity contribution in [1.29, 1.82) is 0 Å². The second kappa shape index (κ2) is 6.80. The lowest BCUT2D eigenvalue weighted by Crippen LogP contribution is -2.74. The molecule has 164 valence electrons. The van der Waals surface area contributed by atoms with Crippen LogP contribution in [0.5, 0.6) is 5.75 Å². The summed E-state index contributed by atoms with van der Waals surface area (Å²) < 4.78 is 0. The second-order valence-electron chi connectivity index (χ2n) is 9.02. The number of fused-ring (bicyclic) bond motifs is 3. The summed E-state index contributed by atoms with van der Waals surface area (Å²) in [4.78, 5) is 66.3. The molecule has 4 rings (SSSR count). The van der Waals surface area contributed by atoms with Crippen molar-refractivity contribution in [3.8, 4) is 5.75 Å². The van der Waals surface area contributed by atoms with Gasteiger partial charge in [0.05, 0.1) is 17.5 Å². The third kappa shape index (κ3) is 2.59. The van der Waals surface area contributed by atoms with E-state index in [1.165, 1.54) is 11.0 Å². The lowest BCUT2D eigenvalue weighted by molar-refractivity contribution is -0.181. The summed E-state index contributed by atoms with van der Waals surface area (Å²) in [5.41, 5.74) is 3.17. The third-order valence-corrected chi connectivity index (χ3v) is 7.32. The van der Waals surface area contributed by atoms with Crippen LogP contribution in [0.4, 0.5) is 0 Å². The molecule has 0 saturated heterocycles. The monoisotopic (exact) mass is 428 g/mol. The van der Waals surface area contributed by atoms with Gasteiger partial charge in [0.1, 0.15) is 5.75 Å². The Labute approximate surface area is 178 Å². The first-order chi connectivity index (χ1) is 14.4. The minimum Gasteiger partial charge on any atom is -0.507 e. The first kappa shape index (κ1) is 21.3. The molecule has 3 aliphatic carbocycles. The molecule has 1 amide bonds. The van der Waals surface area contributed by atoms with Crippen LogP contribution in [0.3, 0.4) is 0 Å². The average Bonchev–Trinajstić information content (AvgIpc) is 2.68. The largest absolute Gasteiger partial charge is 0.507 e. The normalized spacial score (nSPS) is 37.3. The van der Waals surface area contributed by atoms with Crippen LogP contribution >= 0.6 is 0 Å². The average molecular weight is 428 g/mol. The van der Waals surface area contributed by atoms with Crippen LogP contribution in [0, 0.1) is 23.7 Å². The molecule has 0 aromatic heterocycles. The summed E-state index contributed by atoms with van der Waals surface area (Å²) in [5.74, 6) is -10.6. The first-order valence-corrected chi connectivity index (χ1v) is 10.1. The zero-order chi connectivity index (χ0) is 23.0. The number of hydrogen-bond donors (Lipinski definition) is 3. The number of aromatic hydroxyl groups is 1. The summed E-state index contributed by atoms with van der Waals surface area (Å²) >= 11 is 0. The van der Waals surface area contributed by atoms with Gasteiger partial charge in [-0.15, -0.1) is 0 Å². The molecule has 1 aromatic rings. The van der Waals surface area contributed by atoms with E-state index in [1.54, 1.807) is 26.2 Å². The number of benzene rings is 1. The SMILES string of the molecule is CC1c2cccc(O)c2C(=O)C2C(=O)C3(O)C(=O)C(C(N)=O)C(=O)C(N(C)C)C3CC21. The molecule has 0 bridgehead atoms. The van der Waals surface area contributed by atoms with Crippen molar-refractivity contribution in [2.75, 3.05) is 14.1 Å². The van der Waals surface area contributed by atoms with Crippen molar-refractivity contribution in [3.05, 3.63) is 29.3 Å². The highest BCUT2D eigenvalue weighted by molar-refractivity contribution is 6.32. The Morgan fingerprint density at radius 1 is 1.16 bits per heavy atom. The molecule has 0 radical (unpaired) electrons.